The zero-order valence-corrected chi connectivity index (χ0v) is 12.0. The molecule has 0 aliphatic heterocycles. The summed E-state index contributed by atoms with van der Waals surface area (Å²) in [6.45, 7) is 5.90. The van der Waals surface area contributed by atoms with Gasteiger partial charge in [-0.2, -0.15) is 11.8 Å². The first-order chi connectivity index (χ1) is 8.56. The minimum absolute atomic E-state index is 0.0742. The van der Waals surface area contributed by atoms with E-state index in [0.29, 0.717) is 5.56 Å². The largest absolute Gasteiger partial charge is 0.507 e. The smallest absolute Gasteiger partial charge is 0.255 e. The second kappa shape index (κ2) is 7.31. The van der Waals surface area contributed by atoms with E-state index in [1.807, 2.05) is 18.7 Å². The Morgan fingerprint density at radius 3 is 2.89 bits per heavy atom. The number of phenolic OH excluding ortho intramolecular Hbond substituents is 1. The number of aryl methyl sites for hydroxylation is 1. The van der Waals surface area contributed by atoms with Gasteiger partial charge in [0.05, 0.1) is 5.56 Å². The van der Waals surface area contributed by atoms with Crippen LogP contribution < -0.4 is 5.32 Å². The lowest BCUT2D eigenvalue weighted by atomic mass is 10.1. The van der Waals surface area contributed by atoms with E-state index in [4.69, 9.17) is 0 Å². The van der Waals surface area contributed by atoms with Crippen LogP contribution in [0.5, 0.6) is 5.75 Å². The van der Waals surface area contributed by atoms with Crippen LogP contribution in [0.4, 0.5) is 0 Å². The third-order valence-corrected chi connectivity index (χ3v) is 3.69. The maximum Gasteiger partial charge on any atom is 0.255 e. The first-order valence-corrected chi connectivity index (χ1v) is 7.39. The Labute approximate surface area is 113 Å². The van der Waals surface area contributed by atoms with Gasteiger partial charge in [-0.1, -0.05) is 19.1 Å². The molecule has 1 atom stereocenters. The molecule has 0 fully saturated rings. The van der Waals surface area contributed by atoms with Gasteiger partial charge in [-0.05, 0) is 43.4 Å². The average Bonchev–Trinajstić information content (AvgIpc) is 2.32. The van der Waals surface area contributed by atoms with Crippen molar-refractivity contribution >= 4 is 17.7 Å². The Kier molecular flexibility index (Phi) is 6.05. The highest BCUT2D eigenvalue weighted by atomic mass is 32.2. The Morgan fingerprint density at radius 1 is 1.50 bits per heavy atom. The number of phenols is 1. The highest BCUT2D eigenvalue weighted by molar-refractivity contribution is 7.99. The van der Waals surface area contributed by atoms with Crippen LogP contribution in [-0.2, 0) is 0 Å². The fourth-order valence-corrected chi connectivity index (χ4v) is 2.43. The van der Waals surface area contributed by atoms with Gasteiger partial charge in [0, 0.05) is 6.04 Å². The van der Waals surface area contributed by atoms with Crippen molar-refractivity contribution in [3.05, 3.63) is 29.3 Å². The number of nitrogens with one attached hydrogen (secondary N) is 1. The predicted octanol–water partition coefficient (Wildman–Crippen LogP) is 2.96. The SMILES string of the molecule is CCSCCC(C)NC(=O)c1cccc(C)c1O. The maximum absolute atomic E-state index is 12.0. The lowest BCUT2D eigenvalue weighted by Gasteiger charge is -2.14. The fraction of sp³-hybridized carbons (Fsp3) is 0.500. The molecular formula is C14H21NO2S. The van der Waals surface area contributed by atoms with E-state index in [1.54, 1.807) is 25.1 Å². The lowest BCUT2D eigenvalue weighted by Crippen LogP contribution is -2.33. The van der Waals surface area contributed by atoms with Gasteiger partial charge >= 0.3 is 0 Å². The van der Waals surface area contributed by atoms with E-state index in [9.17, 15) is 9.90 Å². The maximum atomic E-state index is 12.0. The average molecular weight is 267 g/mol. The van der Waals surface area contributed by atoms with Crippen LogP contribution in [0.25, 0.3) is 0 Å². The van der Waals surface area contributed by atoms with Crippen molar-refractivity contribution in [2.24, 2.45) is 0 Å². The zero-order valence-electron chi connectivity index (χ0n) is 11.2. The van der Waals surface area contributed by atoms with Crippen LogP contribution in [0.1, 0.15) is 36.2 Å². The van der Waals surface area contributed by atoms with Gasteiger partial charge in [0.2, 0.25) is 0 Å². The molecule has 3 nitrogen and oxygen atoms in total. The first kappa shape index (κ1) is 14.9. The molecule has 0 saturated heterocycles. The topological polar surface area (TPSA) is 49.3 Å². The molecule has 100 valence electrons. The first-order valence-electron chi connectivity index (χ1n) is 6.23. The molecular weight excluding hydrogens is 246 g/mol. The van der Waals surface area contributed by atoms with Crippen LogP contribution in [0.2, 0.25) is 0 Å². The molecule has 1 unspecified atom stereocenters. The molecule has 1 amide bonds. The summed E-state index contributed by atoms with van der Waals surface area (Å²) in [5.41, 5.74) is 1.07. The molecule has 1 rings (SSSR count). The zero-order chi connectivity index (χ0) is 13.5. The number of para-hydroxylation sites is 1. The van der Waals surface area contributed by atoms with E-state index in [-0.39, 0.29) is 17.7 Å². The summed E-state index contributed by atoms with van der Waals surface area (Å²) in [5, 5.41) is 12.7. The number of thioether (sulfide) groups is 1. The van der Waals surface area contributed by atoms with Crippen molar-refractivity contribution in [2.45, 2.75) is 33.2 Å². The van der Waals surface area contributed by atoms with E-state index in [1.165, 1.54) is 0 Å². The minimum Gasteiger partial charge on any atom is -0.507 e. The summed E-state index contributed by atoms with van der Waals surface area (Å²) in [5.74, 6) is 2.01. The molecule has 4 heteroatoms. The number of amides is 1. The number of aromatic hydroxyl groups is 1. The van der Waals surface area contributed by atoms with E-state index in [0.717, 1.165) is 23.5 Å². The predicted molar refractivity (Wildman–Crippen MR) is 77.4 cm³/mol. The molecule has 0 heterocycles. The van der Waals surface area contributed by atoms with Crippen LogP contribution in [0.3, 0.4) is 0 Å². The van der Waals surface area contributed by atoms with Gasteiger partial charge < -0.3 is 10.4 Å². The monoisotopic (exact) mass is 267 g/mol. The molecule has 0 saturated carbocycles. The molecule has 0 aromatic heterocycles. The second-order valence-electron chi connectivity index (χ2n) is 4.33. The van der Waals surface area contributed by atoms with Gasteiger partial charge in [-0.25, -0.2) is 0 Å². The van der Waals surface area contributed by atoms with Gasteiger partial charge in [0.1, 0.15) is 5.75 Å². The molecule has 0 radical (unpaired) electrons. The van der Waals surface area contributed by atoms with Gasteiger partial charge in [0.25, 0.3) is 5.91 Å². The van der Waals surface area contributed by atoms with E-state index < -0.39 is 0 Å². The molecule has 18 heavy (non-hydrogen) atoms. The highest BCUT2D eigenvalue weighted by Gasteiger charge is 2.14. The van der Waals surface area contributed by atoms with E-state index >= 15 is 0 Å². The van der Waals surface area contributed by atoms with Crippen LogP contribution >= 0.6 is 11.8 Å². The normalized spacial score (nSPS) is 12.2. The molecule has 0 bridgehead atoms. The van der Waals surface area contributed by atoms with Crippen molar-refractivity contribution in [2.75, 3.05) is 11.5 Å². The number of carbonyl (C=O) groups is 1. The van der Waals surface area contributed by atoms with Gasteiger partial charge in [0.15, 0.2) is 0 Å². The Hall–Kier alpha value is -1.16. The standard InChI is InChI=1S/C14H21NO2S/c1-4-18-9-8-11(3)15-14(17)12-7-5-6-10(2)13(12)16/h5-7,11,16H,4,8-9H2,1-3H3,(H,15,17). The molecule has 0 aliphatic rings. The van der Waals surface area contributed by atoms with Crippen LogP contribution in [-0.4, -0.2) is 28.6 Å². The Balaban J connectivity index is 2.57. The summed E-state index contributed by atoms with van der Waals surface area (Å²) in [6.07, 6.45) is 0.941. The van der Waals surface area contributed by atoms with Gasteiger partial charge in [-0.3, -0.25) is 4.79 Å². The molecule has 1 aromatic carbocycles. The molecule has 1 aromatic rings. The van der Waals surface area contributed by atoms with Gasteiger partial charge in [-0.15, -0.1) is 0 Å². The molecule has 0 spiro atoms. The van der Waals surface area contributed by atoms with Crippen molar-refractivity contribution in [3.63, 3.8) is 0 Å². The summed E-state index contributed by atoms with van der Waals surface area (Å²) in [7, 11) is 0. The number of hydrogen-bond donors (Lipinski definition) is 2. The third-order valence-electron chi connectivity index (χ3n) is 2.76. The van der Waals surface area contributed by atoms with Crippen molar-refractivity contribution in [3.8, 4) is 5.75 Å². The third kappa shape index (κ3) is 4.26. The Morgan fingerprint density at radius 2 is 2.22 bits per heavy atom. The number of benzene rings is 1. The van der Waals surface area contributed by atoms with Crippen molar-refractivity contribution in [1.82, 2.24) is 5.32 Å². The van der Waals surface area contributed by atoms with Crippen molar-refractivity contribution < 1.29 is 9.90 Å². The minimum atomic E-state index is -0.204. The summed E-state index contributed by atoms with van der Waals surface area (Å²) in [4.78, 5) is 12.0. The summed E-state index contributed by atoms with van der Waals surface area (Å²) >= 11 is 1.86. The quantitative estimate of drug-likeness (QED) is 0.779. The summed E-state index contributed by atoms with van der Waals surface area (Å²) < 4.78 is 0. The van der Waals surface area contributed by atoms with E-state index in [2.05, 4.69) is 12.2 Å². The second-order valence-corrected chi connectivity index (χ2v) is 5.73. The van der Waals surface area contributed by atoms with Crippen LogP contribution in [0, 0.1) is 6.92 Å². The Bertz CT molecular complexity index is 407. The number of carbonyl (C=O) groups excluding carboxylic acids is 1. The fourth-order valence-electron chi connectivity index (χ4n) is 1.62. The highest BCUT2D eigenvalue weighted by Crippen LogP contribution is 2.21. The lowest BCUT2D eigenvalue weighted by molar-refractivity contribution is 0.0936. The number of hydrogen-bond acceptors (Lipinski definition) is 3. The summed E-state index contributed by atoms with van der Waals surface area (Å²) in [6, 6.07) is 5.33. The molecule has 2 N–H and O–H groups in total. The van der Waals surface area contributed by atoms with Crippen LogP contribution in [0.15, 0.2) is 18.2 Å². The molecule has 0 aliphatic carbocycles. The number of rotatable bonds is 6. The van der Waals surface area contributed by atoms with Crippen molar-refractivity contribution in [1.29, 1.82) is 0 Å².